The first-order valence-electron chi connectivity index (χ1n) is 21.4. The molecule has 0 saturated carbocycles. The first kappa shape index (κ1) is 52.9. The molecule has 4 heterocycles. The van der Waals surface area contributed by atoms with Crippen LogP contribution in [0.2, 0.25) is 0 Å². The highest BCUT2D eigenvalue weighted by atomic mass is 19.4. The number of hydrogen-bond acceptors (Lipinski definition) is 9. The summed E-state index contributed by atoms with van der Waals surface area (Å²) in [4.78, 5) is 76.4. The maximum Gasteiger partial charge on any atom is 0.416 e. The van der Waals surface area contributed by atoms with E-state index in [0.717, 1.165) is 42.5 Å². The van der Waals surface area contributed by atoms with Crippen LogP contribution in [0.4, 0.5) is 37.7 Å². The van der Waals surface area contributed by atoms with Crippen LogP contribution in [0.15, 0.2) is 141 Å². The van der Waals surface area contributed by atoms with Gasteiger partial charge in [-0.2, -0.15) is 46.1 Å². The normalized spacial score (nSPS) is 11.5. The van der Waals surface area contributed by atoms with Gasteiger partial charge in [0.05, 0.1) is 94.6 Å². The highest BCUT2D eigenvalue weighted by molar-refractivity contribution is 5.66. The molecule has 17 nitrogen and oxygen atoms in total. The van der Waals surface area contributed by atoms with Crippen molar-refractivity contribution in [1.82, 2.24) is 37.8 Å². The lowest BCUT2D eigenvalue weighted by molar-refractivity contribution is -0.191. The molecule has 8 rings (SSSR count). The van der Waals surface area contributed by atoms with Crippen molar-refractivity contribution in [2.45, 2.75) is 52.6 Å². The Hall–Kier alpha value is -9.44. The molecule has 8 aromatic rings. The largest absolute Gasteiger partial charge is 0.416 e. The van der Waals surface area contributed by atoms with Crippen LogP contribution in [0.3, 0.4) is 0 Å². The molecule has 0 fully saturated rings. The number of alkyl halides is 6. The molecule has 4 aromatic carbocycles. The van der Waals surface area contributed by atoms with E-state index in [0.29, 0.717) is 28.4 Å². The summed E-state index contributed by atoms with van der Waals surface area (Å²) in [6.45, 7) is 19.7. The fourth-order valence-corrected chi connectivity index (χ4v) is 7.80. The fourth-order valence-electron chi connectivity index (χ4n) is 7.80. The number of halogens is 6. The third-order valence-corrected chi connectivity index (χ3v) is 11.2. The Morgan fingerprint density at radius 1 is 0.616 bits per heavy atom. The van der Waals surface area contributed by atoms with Gasteiger partial charge in [0, 0.05) is 17.9 Å². The minimum atomic E-state index is -4.64. The Balaban J connectivity index is 0.000000226. The predicted molar refractivity (Wildman–Crippen MR) is 252 cm³/mol. The highest BCUT2D eigenvalue weighted by Crippen LogP contribution is 2.33. The second kappa shape index (κ2) is 21.7. The van der Waals surface area contributed by atoms with E-state index in [1.165, 1.54) is 66.8 Å². The number of aromatic nitrogens is 8. The van der Waals surface area contributed by atoms with E-state index in [1.807, 2.05) is 0 Å². The second-order valence-corrected chi connectivity index (χ2v) is 15.6. The van der Waals surface area contributed by atoms with Gasteiger partial charge in [-0.15, -0.1) is 0 Å². The van der Waals surface area contributed by atoms with Gasteiger partial charge in [-0.1, -0.05) is 36.4 Å². The number of hydrogen-bond donors (Lipinski definition) is 1. The lowest BCUT2D eigenvalue weighted by Gasteiger charge is -2.21. The van der Waals surface area contributed by atoms with E-state index in [2.05, 4.69) is 19.9 Å². The van der Waals surface area contributed by atoms with Gasteiger partial charge in [-0.25, -0.2) is 28.6 Å². The molecule has 0 saturated heterocycles. The summed E-state index contributed by atoms with van der Waals surface area (Å²) < 4.78 is 87.0. The molecule has 0 amide bonds. The van der Waals surface area contributed by atoms with Gasteiger partial charge in [0.2, 0.25) is 0 Å². The van der Waals surface area contributed by atoms with Crippen molar-refractivity contribution < 1.29 is 41.0 Å². The monoisotopic (exact) mass is 1000 g/mol. The standard InChI is InChI=1S/C25H20F3N5O3.C24H18F3N5O2.CO2/c1-15(14-34)31-23(35)22(21-11-12-30-33(21)19-9-7-18(29-3)8-10-19)16(2)32(24(31)36)20-6-4-5-17(13-20)25(26,27)28;1-4-30-22(33)21(20-12-13-29-32(20)18-10-8-17(28-3)9-11-18)15(2)31(23(30)34)19-7-5-6-16(14-19)24(25,26)27;2-1-3/h4-13,15,34H,14H2,1-2H3;5-14H,4H2,1-2H3;/t15-;;/m1../s1. The third kappa shape index (κ3) is 10.7. The number of aliphatic hydroxyl groups excluding tert-OH is 1. The number of carbonyl (C=O) groups excluding carboxylic acids is 2. The molecule has 0 radical (unpaired) electrons. The molecule has 4 aromatic heterocycles. The van der Waals surface area contributed by atoms with Gasteiger partial charge in [-0.05, 0) is 100 Å². The van der Waals surface area contributed by atoms with Crippen LogP contribution >= 0.6 is 0 Å². The average Bonchev–Trinajstić information content (AvgIpc) is 4.05. The summed E-state index contributed by atoms with van der Waals surface area (Å²) in [5.74, 6) is 0. The Kier molecular flexibility index (Phi) is 15.7. The SMILES string of the molecule is O=C=O.[C-]#[N+]c1ccc(-n2nccc2-c2c(C)n(-c3cccc(C(F)(F)F)c3)c(=O)n(CC)c2=O)cc1.[C-]#[N+]c1ccc(-n2nccc2-c2c(C)n(-c3cccc(C(F)(F)F)c3)c(=O)n([C@H](C)CO)c2=O)cc1. The van der Waals surface area contributed by atoms with Crippen molar-refractivity contribution in [2.75, 3.05) is 6.61 Å². The zero-order valence-electron chi connectivity index (χ0n) is 38.7. The minimum Gasteiger partial charge on any atom is -0.394 e. The van der Waals surface area contributed by atoms with E-state index < -0.39 is 58.6 Å². The lowest BCUT2D eigenvalue weighted by Crippen LogP contribution is -2.44. The van der Waals surface area contributed by atoms with E-state index in [1.54, 1.807) is 67.6 Å². The summed E-state index contributed by atoms with van der Waals surface area (Å²) >= 11 is 0. The third-order valence-electron chi connectivity index (χ3n) is 11.2. The van der Waals surface area contributed by atoms with Gasteiger partial charge in [-0.3, -0.25) is 27.9 Å². The maximum atomic E-state index is 13.6. The maximum absolute atomic E-state index is 13.6. The Morgan fingerprint density at radius 2 is 1.01 bits per heavy atom. The predicted octanol–water partition coefficient (Wildman–Crippen LogP) is 8.45. The van der Waals surface area contributed by atoms with Crippen LogP contribution in [-0.4, -0.2) is 55.7 Å². The van der Waals surface area contributed by atoms with Gasteiger partial charge < -0.3 is 5.11 Å². The summed E-state index contributed by atoms with van der Waals surface area (Å²) in [7, 11) is 0. The Morgan fingerprint density at radius 3 is 1.38 bits per heavy atom. The van der Waals surface area contributed by atoms with Crippen LogP contribution in [0.5, 0.6) is 0 Å². The Labute approximate surface area is 408 Å². The first-order valence-corrected chi connectivity index (χ1v) is 21.4. The second-order valence-electron chi connectivity index (χ2n) is 15.6. The van der Waals surface area contributed by atoms with Gasteiger partial charge >= 0.3 is 29.9 Å². The molecule has 0 spiro atoms. The van der Waals surface area contributed by atoms with Crippen molar-refractivity contribution in [3.05, 3.63) is 209 Å². The van der Waals surface area contributed by atoms with Crippen molar-refractivity contribution in [1.29, 1.82) is 0 Å². The van der Waals surface area contributed by atoms with Crippen molar-refractivity contribution >= 4 is 17.5 Å². The molecule has 1 N–H and O–H groups in total. The van der Waals surface area contributed by atoms with Crippen molar-refractivity contribution in [3.8, 4) is 45.3 Å². The zero-order chi connectivity index (χ0) is 53.5. The summed E-state index contributed by atoms with van der Waals surface area (Å²) in [6.07, 6.45) is -6.06. The number of rotatable bonds is 9. The minimum absolute atomic E-state index is 0.00625. The van der Waals surface area contributed by atoms with Crippen LogP contribution in [0.25, 0.3) is 55.0 Å². The average molecular weight is 1000 g/mol. The molecule has 0 aliphatic rings. The molecule has 0 unspecified atom stereocenters. The number of aliphatic hydroxyl groups is 1. The topological polar surface area (TPSA) is 187 Å². The smallest absolute Gasteiger partial charge is 0.394 e. The summed E-state index contributed by atoms with van der Waals surface area (Å²) in [5, 5.41) is 18.3. The molecule has 0 bridgehead atoms. The molecule has 0 aliphatic carbocycles. The van der Waals surface area contributed by atoms with E-state index >= 15 is 0 Å². The van der Waals surface area contributed by atoms with Crippen molar-refractivity contribution in [2.24, 2.45) is 0 Å². The first-order chi connectivity index (χ1) is 34.7. The molecule has 73 heavy (non-hydrogen) atoms. The molecular weight excluding hydrogens is 967 g/mol. The van der Waals surface area contributed by atoms with Gasteiger partial charge in [0.15, 0.2) is 11.4 Å². The van der Waals surface area contributed by atoms with Crippen LogP contribution in [0, 0.1) is 27.0 Å². The van der Waals surface area contributed by atoms with E-state index in [-0.39, 0.29) is 52.3 Å². The highest BCUT2D eigenvalue weighted by Gasteiger charge is 2.33. The number of benzene rings is 4. The van der Waals surface area contributed by atoms with Crippen molar-refractivity contribution in [3.63, 3.8) is 0 Å². The zero-order valence-corrected chi connectivity index (χ0v) is 38.7. The van der Waals surface area contributed by atoms with Gasteiger partial charge in [0.1, 0.15) is 0 Å². The summed E-state index contributed by atoms with van der Waals surface area (Å²) in [5.41, 5.74) is -1.84. The Bertz CT molecular complexity index is 3710. The quantitative estimate of drug-likeness (QED) is 0.109. The lowest BCUT2D eigenvalue weighted by atomic mass is 10.1. The van der Waals surface area contributed by atoms with Crippen LogP contribution in [0.1, 0.15) is 42.4 Å². The molecule has 23 heteroatoms. The van der Waals surface area contributed by atoms with Crippen LogP contribution in [-0.2, 0) is 28.5 Å². The molecule has 372 valence electrons. The summed E-state index contributed by atoms with van der Waals surface area (Å²) in [6, 6.07) is 23.8. The van der Waals surface area contributed by atoms with E-state index in [4.69, 9.17) is 22.7 Å². The molecule has 1 atom stereocenters. The fraction of sp³-hybridized carbons (Fsp3) is 0.180. The number of nitrogens with zero attached hydrogens (tertiary/aromatic N) is 10. The van der Waals surface area contributed by atoms with E-state index in [9.17, 15) is 50.6 Å². The molecule has 0 aliphatic heterocycles. The van der Waals surface area contributed by atoms with Crippen LogP contribution < -0.4 is 22.5 Å². The van der Waals surface area contributed by atoms with Gasteiger partial charge in [0.25, 0.3) is 11.1 Å². The molecular formula is C50H38F6N10O7.